The summed E-state index contributed by atoms with van der Waals surface area (Å²) in [5.41, 5.74) is 1.65. The van der Waals surface area contributed by atoms with Gasteiger partial charge < -0.3 is 0 Å². The van der Waals surface area contributed by atoms with E-state index in [0.29, 0.717) is 18.7 Å². The zero-order chi connectivity index (χ0) is 16.2. The van der Waals surface area contributed by atoms with Gasteiger partial charge in [-0.05, 0) is 42.0 Å². The number of nitrogens with zero attached hydrogens (tertiary/aromatic N) is 2. The Morgan fingerprint density at radius 1 is 1.17 bits per heavy atom. The average molecular weight is 393 g/mol. The highest BCUT2D eigenvalue weighted by Gasteiger charge is 2.25. The molecular weight excluding hydrogens is 379 g/mol. The Kier molecular flexibility index (Phi) is 5.13. The summed E-state index contributed by atoms with van der Waals surface area (Å²) < 4.78 is 14.0. The van der Waals surface area contributed by atoms with Crippen molar-refractivity contribution >= 4 is 38.8 Å². The molecule has 0 radical (unpaired) electrons. The van der Waals surface area contributed by atoms with Crippen LogP contribution in [0.25, 0.3) is 0 Å². The minimum Gasteiger partial charge on any atom is -0.286 e. The van der Waals surface area contributed by atoms with Crippen LogP contribution in [0.3, 0.4) is 0 Å². The lowest BCUT2D eigenvalue weighted by Crippen LogP contribution is -2.32. The van der Waals surface area contributed by atoms with Gasteiger partial charge in [-0.15, -0.1) is 0 Å². The molecule has 6 heteroatoms. The monoisotopic (exact) mass is 392 g/mol. The van der Waals surface area contributed by atoms with Crippen molar-refractivity contribution in [2.75, 3.05) is 13.1 Å². The van der Waals surface area contributed by atoms with Gasteiger partial charge in [0.05, 0.1) is 6.54 Å². The van der Waals surface area contributed by atoms with Crippen molar-refractivity contribution in [2.24, 2.45) is 4.99 Å². The Morgan fingerprint density at radius 3 is 2.57 bits per heavy atom. The standard InChI is InChI=1S/C17H14BrFN2OS/c18-14-5-1-12(2-6-14)11-23-17-20-9-10-21(17)16(22)13-3-7-15(19)8-4-13/h1-8H,9-11H2. The van der Waals surface area contributed by atoms with E-state index < -0.39 is 0 Å². The zero-order valence-electron chi connectivity index (χ0n) is 12.2. The first kappa shape index (κ1) is 16.2. The van der Waals surface area contributed by atoms with E-state index in [2.05, 4.69) is 20.9 Å². The maximum Gasteiger partial charge on any atom is 0.259 e. The quantitative estimate of drug-likeness (QED) is 0.778. The number of amides is 1. The molecule has 0 saturated carbocycles. The fraction of sp³-hybridized carbons (Fsp3) is 0.176. The fourth-order valence-electron chi connectivity index (χ4n) is 2.22. The maximum absolute atomic E-state index is 13.0. The number of hydrogen-bond donors (Lipinski definition) is 0. The number of hydrogen-bond acceptors (Lipinski definition) is 3. The van der Waals surface area contributed by atoms with Crippen LogP contribution in [0.1, 0.15) is 15.9 Å². The summed E-state index contributed by atoms with van der Waals surface area (Å²) in [7, 11) is 0. The fourth-order valence-corrected chi connectivity index (χ4v) is 3.48. The van der Waals surface area contributed by atoms with Gasteiger partial charge in [-0.3, -0.25) is 14.7 Å². The van der Waals surface area contributed by atoms with Crippen molar-refractivity contribution < 1.29 is 9.18 Å². The van der Waals surface area contributed by atoms with Crippen LogP contribution in [0.5, 0.6) is 0 Å². The number of thioether (sulfide) groups is 1. The molecule has 0 saturated heterocycles. The minimum atomic E-state index is -0.346. The van der Waals surface area contributed by atoms with Crippen molar-refractivity contribution in [2.45, 2.75) is 5.75 Å². The Morgan fingerprint density at radius 2 is 1.87 bits per heavy atom. The number of rotatable bonds is 3. The van der Waals surface area contributed by atoms with Crippen molar-refractivity contribution in [3.8, 4) is 0 Å². The van der Waals surface area contributed by atoms with Crippen LogP contribution >= 0.6 is 27.7 Å². The van der Waals surface area contributed by atoms with Crippen molar-refractivity contribution in [1.82, 2.24) is 4.90 Å². The molecule has 23 heavy (non-hydrogen) atoms. The van der Waals surface area contributed by atoms with Gasteiger partial charge in [0.25, 0.3) is 5.91 Å². The van der Waals surface area contributed by atoms with Crippen LogP contribution in [-0.2, 0) is 5.75 Å². The van der Waals surface area contributed by atoms with Gasteiger partial charge >= 0.3 is 0 Å². The zero-order valence-corrected chi connectivity index (χ0v) is 14.6. The molecule has 0 fully saturated rings. The molecule has 0 spiro atoms. The number of halogens is 2. The van der Waals surface area contributed by atoms with Crippen LogP contribution < -0.4 is 0 Å². The highest BCUT2D eigenvalue weighted by molar-refractivity contribution is 9.10. The van der Waals surface area contributed by atoms with Gasteiger partial charge in [-0.25, -0.2) is 4.39 Å². The molecule has 0 bridgehead atoms. The molecule has 0 aromatic heterocycles. The smallest absolute Gasteiger partial charge is 0.259 e. The van der Waals surface area contributed by atoms with Gasteiger partial charge in [-0.1, -0.05) is 39.8 Å². The molecule has 1 aliphatic heterocycles. The van der Waals surface area contributed by atoms with Gasteiger partial charge in [0.1, 0.15) is 5.82 Å². The van der Waals surface area contributed by atoms with E-state index in [1.54, 1.807) is 16.7 Å². The molecule has 1 amide bonds. The van der Waals surface area contributed by atoms with Crippen LogP contribution in [0.4, 0.5) is 4.39 Å². The van der Waals surface area contributed by atoms with E-state index in [4.69, 9.17) is 0 Å². The first-order valence-electron chi connectivity index (χ1n) is 7.12. The highest BCUT2D eigenvalue weighted by Crippen LogP contribution is 2.22. The SMILES string of the molecule is O=C(c1ccc(F)cc1)N1CCN=C1SCc1ccc(Br)cc1. The number of carbonyl (C=O) groups is 1. The molecule has 118 valence electrons. The lowest BCUT2D eigenvalue weighted by molar-refractivity contribution is 0.0860. The normalized spacial score (nSPS) is 14.0. The second kappa shape index (κ2) is 7.27. The van der Waals surface area contributed by atoms with Crippen LogP contribution in [0, 0.1) is 5.82 Å². The van der Waals surface area contributed by atoms with E-state index in [1.165, 1.54) is 29.8 Å². The first-order valence-corrected chi connectivity index (χ1v) is 8.90. The Balaban J connectivity index is 1.66. The van der Waals surface area contributed by atoms with Gasteiger partial charge in [-0.2, -0.15) is 0 Å². The highest BCUT2D eigenvalue weighted by atomic mass is 79.9. The molecule has 1 aliphatic rings. The summed E-state index contributed by atoms with van der Waals surface area (Å²) in [6.45, 7) is 1.18. The van der Waals surface area contributed by atoms with Crippen LogP contribution in [-0.4, -0.2) is 29.1 Å². The Bertz CT molecular complexity index is 731. The van der Waals surface area contributed by atoms with Crippen LogP contribution in [0.15, 0.2) is 58.0 Å². The van der Waals surface area contributed by atoms with Crippen molar-refractivity contribution in [3.05, 3.63) is 69.9 Å². The Hall–Kier alpha value is -1.66. The lowest BCUT2D eigenvalue weighted by atomic mass is 10.2. The summed E-state index contributed by atoms with van der Waals surface area (Å²) in [5.74, 6) is 0.269. The lowest BCUT2D eigenvalue weighted by Gasteiger charge is -2.18. The van der Waals surface area contributed by atoms with Gasteiger partial charge in [0.2, 0.25) is 0 Å². The molecule has 2 aromatic carbocycles. The molecule has 3 nitrogen and oxygen atoms in total. The molecule has 2 aromatic rings. The number of amidine groups is 1. The summed E-state index contributed by atoms with van der Waals surface area (Å²) >= 11 is 4.96. The number of benzene rings is 2. The van der Waals surface area contributed by atoms with Crippen molar-refractivity contribution in [1.29, 1.82) is 0 Å². The van der Waals surface area contributed by atoms with Crippen LogP contribution in [0.2, 0.25) is 0 Å². The third-order valence-corrected chi connectivity index (χ3v) is 5.03. The first-order chi connectivity index (χ1) is 11.1. The predicted molar refractivity (Wildman–Crippen MR) is 95.2 cm³/mol. The summed E-state index contributed by atoms with van der Waals surface area (Å²) in [4.78, 5) is 18.6. The molecular formula is C17H14BrFN2OS. The summed E-state index contributed by atoms with van der Waals surface area (Å²) in [5, 5.41) is 0.724. The topological polar surface area (TPSA) is 32.7 Å². The number of carbonyl (C=O) groups excluding carboxylic acids is 1. The van der Waals surface area contributed by atoms with E-state index in [9.17, 15) is 9.18 Å². The second-order valence-electron chi connectivity index (χ2n) is 5.04. The van der Waals surface area contributed by atoms with Crippen molar-refractivity contribution in [3.63, 3.8) is 0 Å². The maximum atomic E-state index is 13.0. The Labute approximate surface area is 146 Å². The van der Waals surface area contributed by atoms with E-state index in [-0.39, 0.29) is 11.7 Å². The molecule has 0 N–H and O–H groups in total. The summed E-state index contributed by atoms with van der Waals surface area (Å²) in [6.07, 6.45) is 0. The largest absolute Gasteiger partial charge is 0.286 e. The minimum absolute atomic E-state index is 0.135. The summed E-state index contributed by atoms with van der Waals surface area (Å²) in [6, 6.07) is 13.7. The van der Waals surface area contributed by atoms with E-state index >= 15 is 0 Å². The third-order valence-electron chi connectivity index (χ3n) is 3.42. The van der Waals surface area contributed by atoms with E-state index in [1.807, 2.05) is 24.3 Å². The molecule has 3 rings (SSSR count). The average Bonchev–Trinajstić information content (AvgIpc) is 3.03. The number of aliphatic imine (C=N–C) groups is 1. The molecule has 1 heterocycles. The van der Waals surface area contributed by atoms with Gasteiger partial charge in [0, 0.05) is 22.3 Å². The predicted octanol–water partition coefficient (Wildman–Crippen LogP) is 4.33. The van der Waals surface area contributed by atoms with E-state index in [0.717, 1.165) is 15.4 Å². The molecule has 0 aliphatic carbocycles. The van der Waals surface area contributed by atoms with Gasteiger partial charge in [0.15, 0.2) is 5.17 Å². The second-order valence-corrected chi connectivity index (χ2v) is 6.90. The third kappa shape index (κ3) is 4.00. The molecule has 0 unspecified atom stereocenters. The molecule has 0 atom stereocenters.